The van der Waals surface area contributed by atoms with Crippen molar-refractivity contribution in [2.75, 3.05) is 33.4 Å². The summed E-state index contributed by atoms with van der Waals surface area (Å²) >= 11 is 0. The zero-order chi connectivity index (χ0) is 19.3. The molecule has 27 heavy (non-hydrogen) atoms. The number of ether oxygens (including phenoxy) is 2. The van der Waals surface area contributed by atoms with Crippen molar-refractivity contribution in [3.63, 3.8) is 0 Å². The summed E-state index contributed by atoms with van der Waals surface area (Å²) in [5.41, 5.74) is 0. The predicted molar refractivity (Wildman–Crippen MR) is 106 cm³/mol. The van der Waals surface area contributed by atoms with E-state index in [-0.39, 0.29) is 0 Å². The van der Waals surface area contributed by atoms with E-state index < -0.39 is 0 Å². The minimum Gasteiger partial charge on any atom is -0.497 e. The fourth-order valence-corrected chi connectivity index (χ4v) is 2.49. The van der Waals surface area contributed by atoms with E-state index in [2.05, 4.69) is 44.2 Å². The lowest BCUT2D eigenvalue weighted by Crippen LogP contribution is -2.39. The third-order valence-electron chi connectivity index (χ3n) is 3.90. The number of methoxy groups -OCH3 is 1. The van der Waals surface area contributed by atoms with Crippen LogP contribution in [-0.2, 0) is 13.0 Å². The number of nitrogens with zero attached hydrogens (tertiary/aromatic N) is 4. The van der Waals surface area contributed by atoms with Crippen molar-refractivity contribution in [1.82, 2.24) is 25.4 Å². The van der Waals surface area contributed by atoms with Crippen molar-refractivity contribution in [2.24, 2.45) is 4.99 Å². The van der Waals surface area contributed by atoms with Crippen molar-refractivity contribution in [3.05, 3.63) is 36.4 Å². The highest BCUT2D eigenvalue weighted by Crippen LogP contribution is 2.16. The maximum absolute atomic E-state index is 5.72. The van der Waals surface area contributed by atoms with E-state index in [1.54, 1.807) is 13.4 Å². The Labute approximate surface area is 161 Å². The molecule has 0 amide bonds. The normalized spacial score (nSPS) is 11.3. The number of aliphatic imine (C=N–C) groups is 1. The Morgan fingerprint density at radius 3 is 2.63 bits per heavy atom. The molecule has 0 unspecified atom stereocenters. The van der Waals surface area contributed by atoms with Crippen LogP contribution < -0.4 is 20.1 Å². The third-order valence-corrected chi connectivity index (χ3v) is 3.90. The number of aromatic nitrogens is 3. The molecular weight excluding hydrogens is 344 g/mol. The van der Waals surface area contributed by atoms with E-state index in [0.717, 1.165) is 55.8 Å². The number of guanidine groups is 1. The fourth-order valence-electron chi connectivity index (χ4n) is 2.49. The average Bonchev–Trinajstić information content (AvgIpc) is 3.15. The molecule has 0 spiro atoms. The van der Waals surface area contributed by atoms with Gasteiger partial charge in [-0.1, -0.05) is 6.92 Å². The molecule has 0 saturated carbocycles. The van der Waals surface area contributed by atoms with Crippen LogP contribution >= 0.6 is 0 Å². The maximum atomic E-state index is 5.72. The second-order valence-electron chi connectivity index (χ2n) is 5.86. The van der Waals surface area contributed by atoms with Gasteiger partial charge in [0.15, 0.2) is 5.96 Å². The van der Waals surface area contributed by atoms with E-state index in [0.29, 0.717) is 13.2 Å². The zero-order valence-corrected chi connectivity index (χ0v) is 16.4. The van der Waals surface area contributed by atoms with Crippen molar-refractivity contribution in [1.29, 1.82) is 0 Å². The molecule has 0 aliphatic rings. The molecule has 0 bridgehead atoms. The van der Waals surface area contributed by atoms with Gasteiger partial charge in [-0.05, 0) is 31.2 Å². The van der Waals surface area contributed by atoms with Gasteiger partial charge in [-0.25, -0.2) is 0 Å². The molecule has 1 aromatic carbocycles. The Bertz CT molecular complexity index is 684. The first kappa shape index (κ1) is 20.5. The lowest BCUT2D eigenvalue weighted by atomic mass is 10.3. The number of nitrogens with one attached hydrogen (secondary N) is 2. The first-order valence-electron chi connectivity index (χ1n) is 9.42. The first-order valence-corrected chi connectivity index (χ1v) is 9.42. The molecule has 0 aliphatic carbocycles. The van der Waals surface area contributed by atoms with Crippen molar-refractivity contribution >= 4 is 5.96 Å². The molecule has 8 heteroatoms. The Balaban J connectivity index is 1.69. The van der Waals surface area contributed by atoms with Crippen LogP contribution in [0.4, 0.5) is 0 Å². The third kappa shape index (κ3) is 7.16. The van der Waals surface area contributed by atoms with Crippen LogP contribution in [-0.4, -0.2) is 54.1 Å². The molecule has 1 aromatic heterocycles. The van der Waals surface area contributed by atoms with Crippen LogP contribution in [0.15, 0.2) is 35.6 Å². The van der Waals surface area contributed by atoms with Gasteiger partial charge in [-0.2, -0.15) is 0 Å². The van der Waals surface area contributed by atoms with Crippen molar-refractivity contribution < 1.29 is 9.47 Å². The second-order valence-corrected chi connectivity index (χ2v) is 5.86. The van der Waals surface area contributed by atoms with Crippen LogP contribution in [0.2, 0.25) is 0 Å². The molecule has 2 N–H and O–H groups in total. The SMILES string of the molecule is CCNC(=NCCCOc1ccc(OC)cc1)NCCn1cnnc1CC. The monoisotopic (exact) mass is 374 g/mol. The van der Waals surface area contributed by atoms with Gasteiger partial charge in [0.05, 0.1) is 13.7 Å². The minimum absolute atomic E-state index is 0.621. The highest BCUT2D eigenvalue weighted by atomic mass is 16.5. The van der Waals surface area contributed by atoms with Gasteiger partial charge in [-0.15, -0.1) is 10.2 Å². The number of hydrogen-bond donors (Lipinski definition) is 2. The molecular formula is C19H30N6O2. The maximum Gasteiger partial charge on any atom is 0.191 e. The van der Waals surface area contributed by atoms with Crippen molar-refractivity contribution in [3.8, 4) is 11.5 Å². The van der Waals surface area contributed by atoms with Gasteiger partial charge in [0.2, 0.25) is 0 Å². The number of benzene rings is 1. The Hall–Kier alpha value is -2.77. The van der Waals surface area contributed by atoms with Crippen LogP contribution in [0.25, 0.3) is 0 Å². The van der Waals surface area contributed by atoms with Crippen LogP contribution in [0.1, 0.15) is 26.1 Å². The smallest absolute Gasteiger partial charge is 0.191 e. The lowest BCUT2D eigenvalue weighted by Gasteiger charge is -2.12. The lowest BCUT2D eigenvalue weighted by molar-refractivity contribution is 0.312. The largest absolute Gasteiger partial charge is 0.497 e. The van der Waals surface area contributed by atoms with Crippen LogP contribution in [0, 0.1) is 0 Å². The molecule has 0 atom stereocenters. The number of rotatable bonds is 11. The van der Waals surface area contributed by atoms with E-state index in [9.17, 15) is 0 Å². The first-order chi connectivity index (χ1) is 13.3. The molecule has 0 fully saturated rings. The van der Waals surface area contributed by atoms with E-state index in [1.165, 1.54) is 0 Å². The van der Waals surface area contributed by atoms with E-state index in [4.69, 9.17) is 9.47 Å². The van der Waals surface area contributed by atoms with Gasteiger partial charge in [0.1, 0.15) is 23.7 Å². The van der Waals surface area contributed by atoms with Gasteiger partial charge < -0.3 is 24.7 Å². The topological polar surface area (TPSA) is 85.6 Å². The fraction of sp³-hybridized carbons (Fsp3) is 0.526. The summed E-state index contributed by atoms with van der Waals surface area (Å²) in [6.45, 7) is 7.84. The molecule has 2 rings (SSSR count). The summed E-state index contributed by atoms with van der Waals surface area (Å²) in [5.74, 6) is 3.47. The summed E-state index contributed by atoms with van der Waals surface area (Å²) in [6, 6.07) is 7.59. The molecule has 0 radical (unpaired) electrons. The Kier molecular flexibility index (Phi) is 8.95. The zero-order valence-electron chi connectivity index (χ0n) is 16.4. The Morgan fingerprint density at radius 1 is 1.15 bits per heavy atom. The number of hydrogen-bond acceptors (Lipinski definition) is 5. The number of aryl methyl sites for hydroxylation is 1. The summed E-state index contributed by atoms with van der Waals surface area (Å²) < 4.78 is 12.9. The summed E-state index contributed by atoms with van der Waals surface area (Å²) in [6.07, 6.45) is 3.48. The second kappa shape index (κ2) is 11.8. The Morgan fingerprint density at radius 2 is 1.93 bits per heavy atom. The van der Waals surface area contributed by atoms with Crippen LogP contribution in [0.3, 0.4) is 0 Å². The van der Waals surface area contributed by atoms with Crippen molar-refractivity contribution in [2.45, 2.75) is 33.2 Å². The predicted octanol–water partition coefficient (Wildman–Crippen LogP) is 1.87. The molecule has 0 aliphatic heterocycles. The van der Waals surface area contributed by atoms with Gasteiger partial charge >= 0.3 is 0 Å². The molecule has 8 nitrogen and oxygen atoms in total. The van der Waals surface area contributed by atoms with E-state index in [1.807, 2.05) is 24.3 Å². The van der Waals surface area contributed by atoms with Gasteiger partial charge in [0, 0.05) is 39.0 Å². The minimum atomic E-state index is 0.621. The molecule has 148 valence electrons. The summed E-state index contributed by atoms with van der Waals surface area (Å²) in [4.78, 5) is 4.59. The van der Waals surface area contributed by atoms with Gasteiger partial charge in [0.25, 0.3) is 0 Å². The molecule has 1 heterocycles. The standard InChI is InChI=1S/C19H30N6O2/c1-4-18-24-23-15-25(18)13-12-22-19(20-5-2)21-11-6-14-27-17-9-7-16(26-3)8-10-17/h7-10,15H,4-6,11-14H2,1-3H3,(H2,20,21,22). The molecule has 2 aromatic rings. The van der Waals surface area contributed by atoms with Gasteiger partial charge in [-0.3, -0.25) is 4.99 Å². The molecule has 0 saturated heterocycles. The van der Waals surface area contributed by atoms with Crippen LogP contribution in [0.5, 0.6) is 11.5 Å². The quantitative estimate of drug-likeness (QED) is 0.355. The summed E-state index contributed by atoms with van der Waals surface area (Å²) in [7, 11) is 1.65. The summed E-state index contributed by atoms with van der Waals surface area (Å²) in [5, 5.41) is 14.6. The average molecular weight is 374 g/mol. The highest BCUT2D eigenvalue weighted by Gasteiger charge is 2.02. The van der Waals surface area contributed by atoms with E-state index >= 15 is 0 Å². The highest BCUT2D eigenvalue weighted by molar-refractivity contribution is 5.79.